The van der Waals surface area contributed by atoms with Crippen LogP contribution in [0.1, 0.15) is 28.6 Å². The second kappa shape index (κ2) is 5.10. The number of nitrogens with zero attached hydrogens (tertiary/aromatic N) is 4. The van der Waals surface area contributed by atoms with Gasteiger partial charge in [-0.05, 0) is 12.5 Å². The highest BCUT2D eigenvalue weighted by molar-refractivity contribution is 6.41. The van der Waals surface area contributed by atoms with Gasteiger partial charge in [-0.2, -0.15) is 0 Å². The van der Waals surface area contributed by atoms with Gasteiger partial charge in [0.1, 0.15) is 16.7 Å². The summed E-state index contributed by atoms with van der Waals surface area (Å²) in [5.41, 5.74) is 0.418. The van der Waals surface area contributed by atoms with E-state index in [0.29, 0.717) is 22.4 Å². The first-order valence-corrected chi connectivity index (χ1v) is 7.03. The first-order chi connectivity index (χ1) is 9.58. The molecule has 0 saturated heterocycles. The molecule has 2 aromatic heterocycles. The number of aromatic nitrogens is 4. The van der Waals surface area contributed by atoms with Gasteiger partial charge in [-0.15, -0.1) is 10.2 Å². The summed E-state index contributed by atoms with van der Waals surface area (Å²) in [6.07, 6.45) is 2.03. The summed E-state index contributed by atoms with van der Waals surface area (Å²) in [7, 11) is 1.69. The van der Waals surface area contributed by atoms with Crippen molar-refractivity contribution >= 4 is 29.1 Å². The Hall–Kier alpha value is -1.53. The van der Waals surface area contributed by atoms with E-state index in [1.54, 1.807) is 17.7 Å². The van der Waals surface area contributed by atoms with Gasteiger partial charge in [0.2, 0.25) is 0 Å². The van der Waals surface area contributed by atoms with Gasteiger partial charge in [0.25, 0.3) is 5.91 Å². The SMILES string of the molecule is Cn1c(C(=O)NCc2nnc3n2CCC3)cc(Cl)c1Cl. The molecule has 8 heteroatoms. The maximum absolute atomic E-state index is 12.1. The quantitative estimate of drug-likeness (QED) is 0.939. The van der Waals surface area contributed by atoms with Crippen LogP contribution in [0.4, 0.5) is 0 Å². The lowest BCUT2D eigenvalue weighted by molar-refractivity contribution is 0.0941. The third-order valence-corrected chi connectivity index (χ3v) is 4.28. The molecule has 0 spiro atoms. The van der Waals surface area contributed by atoms with Crippen molar-refractivity contribution in [2.75, 3.05) is 0 Å². The highest BCUT2D eigenvalue weighted by atomic mass is 35.5. The van der Waals surface area contributed by atoms with Gasteiger partial charge in [0, 0.05) is 20.0 Å². The molecule has 1 aliphatic rings. The average Bonchev–Trinajstić information content (AvgIpc) is 3.08. The fraction of sp³-hybridized carbons (Fsp3) is 0.417. The number of hydrogen-bond acceptors (Lipinski definition) is 3. The summed E-state index contributed by atoms with van der Waals surface area (Å²) in [6.45, 7) is 1.25. The van der Waals surface area contributed by atoms with Crippen molar-refractivity contribution in [3.63, 3.8) is 0 Å². The van der Waals surface area contributed by atoms with Crippen molar-refractivity contribution < 1.29 is 4.79 Å². The third kappa shape index (κ3) is 2.19. The minimum Gasteiger partial charge on any atom is -0.343 e. The standard InChI is InChI=1S/C12H13Cl2N5O/c1-18-8(5-7(13)11(18)14)12(20)15-6-10-17-16-9-3-2-4-19(9)10/h5H,2-4,6H2,1H3,(H,15,20). The minimum absolute atomic E-state index is 0.239. The maximum Gasteiger partial charge on any atom is 0.268 e. The number of nitrogens with one attached hydrogen (secondary N) is 1. The van der Waals surface area contributed by atoms with Gasteiger partial charge in [0.15, 0.2) is 5.82 Å². The summed E-state index contributed by atoms with van der Waals surface area (Å²) in [6, 6.07) is 1.55. The first-order valence-electron chi connectivity index (χ1n) is 6.28. The van der Waals surface area contributed by atoms with E-state index in [1.807, 2.05) is 4.57 Å². The number of halogens is 2. The molecule has 6 nitrogen and oxygen atoms in total. The molecule has 3 rings (SSSR count). The summed E-state index contributed by atoms with van der Waals surface area (Å²) < 4.78 is 3.60. The lowest BCUT2D eigenvalue weighted by atomic mass is 10.4. The molecule has 3 heterocycles. The fourth-order valence-electron chi connectivity index (χ4n) is 2.35. The molecule has 0 atom stereocenters. The number of carbonyl (C=O) groups excluding carboxylic acids is 1. The van der Waals surface area contributed by atoms with Gasteiger partial charge in [-0.3, -0.25) is 4.79 Å². The van der Waals surface area contributed by atoms with Crippen molar-refractivity contribution in [1.29, 1.82) is 0 Å². The Morgan fingerprint density at radius 1 is 1.45 bits per heavy atom. The van der Waals surface area contributed by atoms with Crippen LogP contribution in [0.5, 0.6) is 0 Å². The first kappa shape index (κ1) is 13.5. The monoisotopic (exact) mass is 313 g/mol. The molecule has 2 aromatic rings. The smallest absolute Gasteiger partial charge is 0.268 e. The maximum atomic E-state index is 12.1. The van der Waals surface area contributed by atoms with Crippen molar-refractivity contribution in [2.24, 2.45) is 7.05 Å². The molecule has 0 aliphatic carbocycles. The topological polar surface area (TPSA) is 64.7 Å². The molecular weight excluding hydrogens is 301 g/mol. The molecule has 0 bridgehead atoms. The van der Waals surface area contributed by atoms with E-state index in [4.69, 9.17) is 23.2 Å². The Balaban J connectivity index is 1.72. The van der Waals surface area contributed by atoms with Crippen molar-refractivity contribution in [3.8, 4) is 0 Å². The Kier molecular flexibility index (Phi) is 3.43. The zero-order valence-electron chi connectivity index (χ0n) is 10.9. The summed E-state index contributed by atoms with van der Waals surface area (Å²) in [5, 5.41) is 11.7. The van der Waals surface area contributed by atoms with Gasteiger partial charge in [-0.25, -0.2) is 0 Å². The second-order valence-corrected chi connectivity index (χ2v) is 5.46. The van der Waals surface area contributed by atoms with E-state index in [2.05, 4.69) is 15.5 Å². The van der Waals surface area contributed by atoms with Crippen LogP contribution in [0.25, 0.3) is 0 Å². The van der Waals surface area contributed by atoms with Crippen molar-refractivity contribution in [3.05, 3.63) is 33.6 Å². The van der Waals surface area contributed by atoms with Crippen LogP contribution in [-0.2, 0) is 26.6 Å². The highest BCUT2D eigenvalue weighted by Crippen LogP contribution is 2.25. The largest absolute Gasteiger partial charge is 0.343 e. The molecule has 1 amide bonds. The molecule has 106 valence electrons. The van der Waals surface area contributed by atoms with Crippen LogP contribution < -0.4 is 5.32 Å². The summed E-state index contributed by atoms with van der Waals surface area (Å²) in [4.78, 5) is 12.1. The lowest BCUT2D eigenvalue weighted by Crippen LogP contribution is -2.26. The summed E-state index contributed by atoms with van der Waals surface area (Å²) >= 11 is 11.8. The predicted octanol–water partition coefficient (Wildman–Crippen LogP) is 1.80. The van der Waals surface area contributed by atoms with Crippen LogP contribution in [-0.4, -0.2) is 25.2 Å². The Labute approximate surface area is 125 Å². The van der Waals surface area contributed by atoms with Gasteiger partial charge in [-0.1, -0.05) is 23.2 Å². The van der Waals surface area contributed by atoms with Crippen LogP contribution in [0.3, 0.4) is 0 Å². The molecule has 0 unspecified atom stereocenters. The van der Waals surface area contributed by atoms with E-state index < -0.39 is 0 Å². The zero-order chi connectivity index (χ0) is 14.3. The van der Waals surface area contributed by atoms with Crippen molar-refractivity contribution in [1.82, 2.24) is 24.6 Å². The van der Waals surface area contributed by atoms with Gasteiger partial charge >= 0.3 is 0 Å². The lowest BCUT2D eigenvalue weighted by Gasteiger charge is -2.06. The van der Waals surface area contributed by atoms with Gasteiger partial charge in [0.05, 0.1) is 11.6 Å². The Morgan fingerprint density at radius 3 is 2.95 bits per heavy atom. The third-order valence-electron chi connectivity index (χ3n) is 3.44. The van der Waals surface area contributed by atoms with E-state index in [1.165, 1.54) is 0 Å². The van der Waals surface area contributed by atoms with Crippen LogP contribution in [0.15, 0.2) is 6.07 Å². The molecule has 0 saturated carbocycles. The van der Waals surface area contributed by atoms with Gasteiger partial charge < -0.3 is 14.5 Å². The molecular formula is C12H13Cl2N5O. The minimum atomic E-state index is -0.239. The Morgan fingerprint density at radius 2 is 2.25 bits per heavy atom. The van der Waals surface area contributed by atoms with E-state index >= 15 is 0 Å². The summed E-state index contributed by atoms with van der Waals surface area (Å²) in [5.74, 6) is 1.52. The number of aryl methyl sites for hydroxylation is 1. The van der Waals surface area contributed by atoms with Crippen LogP contribution >= 0.6 is 23.2 Å². The van der Waals surface area contributed by atoms with E-state index in [-0.39, 0.29) is 5.91 Å². The highest BCUT2D eigenvalue weighted by Gasteiger charge is 2.19. The number of fused-ring (bicyclic) bond motifs is 1. The number of rotatable bonds is 3. The Bertz CT molecular complexity index is 676. The van der Waals surface area contributed by atoms with E-state index in [0.717, 1.165) is 31.0 Å². The normalized spacial score (nSPS) is 13.6. The fourth-order valence-corrected chi connectivity index (χ4v) is 2.73. The van der Waals surface area contributed by atoms with Crippen molar-refractivity contribution in [2.45, 2.75) is 25.9 Å². The molecule has 1 aliphatic heterocycles. The van der Waals surface area contributed by atoms with Crippen LogP contribution in [0.2, 0.25) is 10.2 Å². The number of carbonyl (C=O) groups is 1. The molecule has 0 radical (unpaired) electrons. The number of amides is 1. The molecule has 1 N–H and O–H groups in total. The molecule has 20 heavy (non-hydrogen) atoms. The number of hydrogen-bond donors (Lipinski definition) is 1. The predicted molar refractivity (Wildman–Crippen MR) is 74.9 cm³/mol. The second-order valence-electron chi connectivity index (χ2n) is 4.70. The van der Waals surface area contributed by atoms with Crippen LogP contribution in [0, 0.1) is 0 Å². The zero-order valence-corrected chi connectivity index (χ0v) is 12.4. The molecule has 0 fully saturated rings. The molecule has 0 aromatic carbocycles. The average molecular weight is 314 g/mol. The van der Waals surface area contributed by atoms with E-state index in [9.17, 15) is 4.79 Å².